The fourth-order valence-corrected chi connectivity index (χ4v) is 6.07. The van der Waals surface area contributed by atoms with E-state index in [0.29, 0.717) is 29.4 Å². The van der Waals surface area contributed by atoms with Gasteiger partial charge in [0.05, 0.1) is 5.56 Å². The molecule has 5 rings (SSSR count). The van der Waals surface area contributed by atoms with E-state index in [-0.39, 0.29) is 35.5 Å². The SMILES string of the molecule is Cn1nc(OC(F)F)cc1NC(=O)SN[C@H]1CCc2sc(NC(=O)C3CC3)c(C(=O)NCC3CC3)c2C1. The van der Waals surface area contributed by atoms with Crippen LogP contribution in [0.25, 0.3) is 0 Å². The second kappa shape index (κ2) is 11.0. The quantitative estimate of drug-likeness (QED) is 0.328. The van der Waals surface area contributed by atoms with Crippen molar-refractivity contribution < 1.29 is 27.9 Å². The van der Waals surface area contributed by atoms with Crippen LogP contribution in [-0.2, 0) is 24.7 Å². The Labute approximate surface area is 220 Å². The normalized spacial score (nSPS) is 18.9. The zero-order valence-electron chi connectivity index (χ0n) is 20.1. The van der Waals surface area contributed by atoms with E-state index in [4.69, 9.17) is 0 Å². The zero-order valence-corrected chi connectivity index (χ0v) is 21.8. The highest BCUT2D eigenvalue weighted by atomic mass is 32.2. The standard InChI is InChI=1S/C23H28F2N6O4S2/c1-31-16(9-17(29-31)35-22(24)25)27-23(34)37-30-13-6-7-15-14(8-13)18(20(33)26-10-11-2-3-11)21(36-15)28-19(32)12-4-5-12/h9,11-13,22,30H,2-8,10H2,1H3,(H,26,33)(H,27,34)(H,28,32)/t13-/m0/s1. The topological polar surface area (TPSA) is 126 Å². The van der Waals surface area contributed by atoms with Crippen LogP contribution in [0.1, 0.15) is 52.9 Å². The minimum Gasteiger partial charge on any atom is -0.415 e. The number of halogens is 2. The predicted octanol–water partition coefficient (Wildman–Crippen LogP) is 3.90. The molecule has 2 fully saturated rings. The highest BCUT2D eigenvalue weighted by Gasteiger charge is 2.34. The number of nitrogens with one attached hydrogen (secondary N) is 4. The summed E-state index contributed by atoms with van der Waals surface area (Å²) in [5.41, 5.74) is 1.45. The van der Waals surface area contributed by atoms with Crippen LogP contribution in [-0.4, -0.2) is 46.0 Å². The van der Waals surface area contributed by atoms with Gasteiger partial charge in [-0.15, -0.1) is 16.4 Å². The van der Waals surface area contributed by atoms with Crippen LogP contribution in [0.2, 0.25) is 0 Å². The van der Waals surface area contributed by atoms with Crippen molar-refractivity contribution in [2.75, 3.05) is 17.2 Å². The number of aryl methyl sites for hydroxylation is 2. The second-order valence-electron chi connectivity index (χ2n) is 9.57. The van der Waals surface area contributed by atoms with Crippen molar-refractivity contribution in [1.29, 1.82) is 0 Å². The third-order valence-electron chi connectivity index (χ3n) is 6.54. The molecule has 14 heteroatoms. The van der Waals surface area contributed by atoms with Gasteiger partial charge in [-0.3, -0.25) is 19.1 Å². The van der Waals surface area contributed by atoms with Crippen LogP contribution in [0.15, 0.2) is 6.07 Å². The molecule has 2 aromatic heterocycles. The van der Waals surface area contributed by atoms with Gasteiger partial charge in [0.15, 0.2) is 0 Å². The molecule has 0 unspecified atom stereocenters. The van der Waals surface area contributed by atoms with E-state index < -0.39 is 11.9 Å². The fraction of sp³-hybridized carbons (Fsp3) is 0.565. The molecule has 3 amide bonds. The average Bonchev–Trinajstić information content (AvgIpc) is 3.76. The van der Waals surface area contributed by atoms with Gasteiger partial charge in [-0.05, 0) is 56.4 Å². The monoisotopic (exact) mass is 554 g/mol. The summed E-state index contributed by atoms with van der Waals surface area (Å²) in [6, 6.07) is 1.14. The van der Waals surface area contributed by atoms with Gasteiger partial charge in [0.2, 0.25) is 11.8 Å². The molecular formula is C23H28F2N6O4S2. The van der Waals surface area contributed by atoms with E-state index in [1.54, 1.807) is 0 Å². The van der Waals surface area contributed by atoms with Crippen LogP contribution in [0.5, 0.6) is 5.88 Å². The van der Waals surface area contributed by atoms with Crippen molar-refractivity contribution in [3.63, 3.8) is 0 Å². The summed E-state index contributed by atoms with van der Waals surface area (Å²) < 4.78 is 33.4. The van der Waals surface area contributed by atoms with Crippen LogP contribution in [0.3, 0.4) is 0 Å². The molecule has 10 nitrogen and oxygen atoms in total. The highest BCUT2D eigenvalue weighted by Crippen LogP contribution is 2.40. The van der Waals surface area contributed by atoms with Gasteiger partial charge in [0.1, 0.15) is 10.8 Å². The summed E-state index contributed by atoms with van der Waals surface area (Å²) in [5.74, 6) is 0.283. The Bertz CT molecular complexity index is 1190. The number of amides is 3. The molecule has 200 valence electrons. The molecule has 0 radical (unpaired) electrons. The van der Waals surface area contributed by atoms with Gasteiger partial charge in [0, 0.05) is 48.4 Å². The average molecular weight is 555 g/mol. The number of alkyl halides is 2. The minimum atomic E-state index is -3.01. The number of nitrogens with zero attached hydrogens (tertiary/aromatic N) is 2. The summed E-state index contributed by atoms with van der Waals surface area (Å²) in [6.07, 6.45) is 6.02. The van der Waals surface area contributed by atoms with Crippen LogP contribution < -0.4 is 25.4 Å². The number of thiophene rings is 1. The fourth-order valence-electron chi connectivity index (χ4n) is 4.19. The maximum Gasteiger partial charge on any atom is 0.388 e. The minimum absolute atomic E-state index is 0.0308. The van der Waals surface area contributed by atoms with E-state index in [0.717, 1.165) is 60.9 Å². The molecule has 1 atom stereocenters. The molecule has 0 bridgehead atoms. The maximum absolute atomic E-state index is 13.2. The number of hydrogen-bond donors (Lipinski definition) is 4. The molecule has 0 aromatic carbocycles. The zero-order chi connectivity index (χ0) is 26.1. The maximum atomic E-state index is 13.2. The number of carbonyl (C=O) groups excluding carboxylic acids is 3. The third-order valence-corrected chi connectivity index (χ3v) is 8.48. The molecule has 0 saturated heterocycles. The van der Waals surface area contributed by atoms with Crippen LogP contribution in [0.4, 0.5) is 24.4 Å². The molecule has 4 N–H and O–H groups in total. The predicted molar refractivity (Wildman–Crippen MR) is 136 cm³/mol. The van der Waals surface area contributed by atoms with Gasteiger partial charge in [-0.2, -0.15) is 8.78 Å². The lowest BCUT2D eigenvalue weighted by Gasteiger charge is -2.23. The van der Waals surface area contributed by atoms with Crippen molar-refractivity contribution in [3.05, 3.63) is 22.1 Å². The number of fused-ring (bicyclic) bond motifs is 1. The van der Waals surface area contributed by atoms with Crippen molar-refractivity contribution >= 4 is 51.2 Å². The van der Waals surface area contributed by atoms with Crippen molar-refractivity contribution in [2.45, 2.75) is 57.6 Å². The molecular weight excluding hydrogens is 526 g/mol. The number of hydrogen-bond acceptors (Lipinski definition) is 8. The summed E-state index contributed by atoms with van der Waals surface area (Å²) in [5, 5.41) is 12.6. The molecule has 2 heterocycles. The number of rotatable bonds is 10. The van der Waals surface area contributed by atoms with Crippen LogP contribution >= 0.6 is 23.3 Å². The lowest BCUT2D eigenvalue weighted by Crippen LogP contribution is -2.33. The Morgan fingerprint density at radius 1 is 1.22 bits per heavy atom. The van der Waals surface area contributed by atoms with Crippen LogP contribution in [0, 0.1) is 11.8 Å². The van der Waals surface area contributed by atoms with E-state index in [2.05, 4.69) is 30.5 Å². The molecule has 3 aliphatic carbocycles. The molecule has 2 saturated carbocycles. The Morgan fingerprint density at radius 3 is 2.70 bits per heavy atom. The number of aromatic nitrogens is 2. The van der Waals surface area contributed by atoms with Crippen molar-refractivity contribution in [1.82, 2.24) is 19.8 Å². The number of anilines is 2. The second-order valence-corrected chi connectivity index (χ2v) is 11.5. The van der Waals surface area contributed by atoms with Gasteiger partial charge < -0.3 is 20.7 Å². The van der Waals surface area contributed by atoms with Crippen molar-refractivity contribution in [2.24, 2.45) is 18.9 Å². The summed E-state index contributed by atoms with van der Waals surface area (Å²) in [6.45, 7) is -2.37. The van der Waals surface area contributed by atoms with E-state index in [1.165, 1.54) is 29.1 Å². The molecule has 37 heavy (non-hydrogen) atoms. The first-order valence-electron chi connectivity index (χ1n) is 12.2. The molecule has 0 spiro atoms. The molecule has 3 aliphatic rings. The van der Waals surface area contributed by atoms with E-state index in [1.807, 2.05) is 0 Å². The third kappa shape index (κ3) is 6.60. The largest absolute Gasteiger partial charge is 0.415 e. The lowest BCUT2D eigenvalue weighted by molar-refractivity contribution is -0.117. The van der Waals surface area contributed by atoms with Gasteiger partial charge >= 0.3 is 6.61 Å². The molecule has 2 aromatic rings. The summed E-state index contributed by atoms with van der Waals surface area (Å²) in [7, 11) is 1.50. The Kier molecular flexibility index (Phi) is 7.67. The Morgan fingerprint density at radius 2 is 2.00 bits per heavy atom. The van der Waals surface area contributed by atoms with Gasteiger partial charge in [-0.1, -0.05) is 0 Å². The smallest absolute Gasteiger partial charge is 0.388 e. The van der Waals surface area contributed by atoms with Gasteiger partial charge in [0.25, 0.3) is 11.1 Å². The number of ether oxygens (including phenoxy) is 1. The summed E-state index contributed by atoms with van der Waals surface area (Å²) >= 11 is 2.32. The molecule has 0 aliphatic heterocycles. The lowest BCUT2D eigenvalue weighted by atomic mass is 9.91. The Hall–Kier alpha value is -2.71. The van der Waals surface area contributed by atoms with Gasteiger partial charge in [-0.25, -0.2) is 4.68 Å². The number of carbonyl (C=O) groups is 3. The first-order valence-corrected chi connectivity index (χ1v) is 13.9. The first-order chi connectivity index (χ1) is 17.8. The Balaban J connectivity index is 1.22. The van der Waals surface area contributed by atoms with E-state index in [9.17, 15) is 23.2 Å². The highest BCUT2D eigenvalue weighted by molar-refractivity contribution is 8.12. The van der Waals surface area contributed by atoms with E-state index >= 15 is 0 Å². The van der Waals surface area contributed by atoms with Crippen molar-refractivity contribution in [3.8, 4) is 5.88 Å². The first kappa shape index (κ1) is 25.9. The summed E-state index contributed by atoms with van der Waals surface area (Å²) in [4.78, 5) is 39.2.